The van der Waals surface area contributed by atoms with Crippen molar-refractivity contribution in [3.05, 3.63) is 60.2 Å². The normalized spacial score (nSPS) is 14.6. The number of anilines is 1. The van der Waals surface area contributed by atoms with Crippen molar-refractivity contribution in [2.45, 2.75) is 12.7 Å². The molecular weight excluding hydrogens is 277 g/mol. The molecule has 0 radical (unpaired) electrons. The van der Waals surface area contributed by atoms with Crippen LogP contribution in [-0.4, -0.2) is 18.4 Å². The zero-order chi connectivity index (χ0) is 14.9. The first-order valence-corrected chi connectivity index (χ1v) is 6.57. The van der Waals surface area contributed by atoms with Crippen molar-refractivity contribution in [3.8, 4) is 0 Å². The van der Waals surface area contributed by atoms with Crippen LogP contribution in [0.1, 0.15) is 5.56 Å². The summed E-state index contributed by atoms with van der Waals surface area (Å²) in [5.41, 5.74) is 1.31. The van der Waals surface area contributed by atoms with Gasteiger partial charge in [-0.15, -0.1) is 0 Å². The molecule has 0 aliphatic carbocycles. The standard InChI is InChI=1S/C16H13F3N2/c17-16(18,19)15-11-21(10-12-6-2-1-3-7-12)14-9-5-4-8-13(14)20-15/h1-9H,10-11H2. The van der Waals surface area contributed by atoms with Crippen LogP contribution < -0.4 is 4.90 Å². The maximum absolute atomic E-state index is 13.0. The SMILES string of the molecule is FC(F)(F)C1=Nc2ccccc2N(Cc2ccccc2)C1. The molecule has 0 atom stereocenters. The van der Waals surface area contributed by atoms with Gasteiger partial charge < -0.3 is 4.90 Å². The van der Waals surface area contributed by atoms with Crippen LogP contribution in [0.15, 0.2) is 59.6 Å². The average Bonchev–Trinajstić information content (AvgIpc) is 2.47. The quantitative estimate of drug-likeness (QED) is 0.803. The Balaban J connectivity index is 1.96. The molecule has 0 N–H and O–H groups in total. The van der Waals surface area contributed by atoms with Gasteiger partial charge in [0, 0.05) is 6.54 Å². The Labute approximate surface area is 120 Å². The number of fused-ring (bicyclic) bond motifs is 1. The Hall–Kier alpha value is -2.30. The number of nitrogens with zero attached hydrogens (tertiary/aromatic N) is 2. The number of rotatable bonds is 2. The van der Waals surface area contributed by atoms with Gasteiger partial charge in [0.15, 0.2) is 0 Å². The molecule has 1 aliphatic heterocycles. The van der Waals surface area contributed by atoms with Crippen molar-refractivity contribution < 1.29 is 13.2 Å². The molecule has 0 unspecified atom stereocenters. The molecule has 1 heterocycles. The Bertz CT molecular complexity index is 663. The summed E-state index contributed by atoms with van der Waals surface area (Å²) in [6.07, 6.45) is -4.40. The molecule has 3 rings (SSSR count). The van der Waals surface area contributed by atoms with Crippen LogP contribution >= 0.6 is 0 Å². The van der Waals surface area contributed by atoms with Crippen molar-refractivity contribution in [3.63, 3.8) is 0 Å². The highest BCUT2D eigenvalue weighted by molar-refractivity contribution is 5.99. The van der Waals surface area contributed by atoms with Crippen LogP contribution in [-0.2, 0) is 6.54 Å². The summed E-state index contributed by atoms with van der Waals surface area (Å²) in [5.74, 6) is 0. The van der Waals surface area contributed by atoms with Gasteiger partial charge in [-0.3, -0.25) is 0 Å². The number of alkyl halides is 3. The predicted octanol–water partition coefficient (Wildman–Crippen LogP) is 4.34. The van der Waals surface area contributed by atoms with Crippen molar-refractivity contribution in [2.24, 2.45) is 4.99 Å². The fourth-order valence-electron chi connectivity index (χ4n) is 2.37. The molecule has 0 saturated heterocycles. The van der Waals surface area contributed by atoms with E-state index in [-0.39, 0.29) is 6.54 Å². The highest BCUT2D eigenvalue weighted by Crippen LogP contribution is 2.35. The highest BCUT2D eigenvalue weighted by Gasteiger charge is 2.39. The molecule has 0 fully saturated rings. The molecule has 2 nitrogen and oxygen atoms in total. The van der Waals surface area contributed by atoms with E-state index in [4.69, 9.17) is 0 Å². The number of halogens is 3. The molecule has 0 bridgehead atoms. The molecule has 0 spiro atoms. The second-order valence-electron chi connectivity index (χ2n) is 4.89. The summed E-state index contributed by atoms with van der Waals surface area (Å²) in [6.45, 7) is 0.197. The maximum atomic E-state index is 13.0. The van der Waals surface area contributed by atoms with Gasteiger partial charge in [0.1, 0.15) is 5.71 Å². The minimum Gasteiger partial charge on any atom is -0.360 e. The van der Waals surface area contributed by atoms with E-state index in [1.165, 1.54) is 0 Å². The van der Waals surface area contributed by atoms with Gasteiger partial charge in [0.2, 0.25) is 0 Å². The summed E-state index contributed by atoms with van der Waals surface area (Å²) in [7, 11) is 0. The minimum atomic E-state index is -4.40. The lowest BCUT2D eigenvalue weighted by molar-refractivity contribution is -0.0597. The zero-order valence-electron chi connectivity index (χ0n) is 11.1. The van der Waals surface area contributed by atoms with E-state index in [9.17, 15) is 13.2 Å². The minimum absolute atomic E-state index is 0.227. The van der Waals surface area contributed by atoms with Crippen LogP contribution in [0.4, 0.5) is 24.5 Å². The molecule has 21 heavy (non-hydrogen) atoms. The first-order valence-electron chi connectivity index (χ1n) is 6.57. The summed E-state index contributed by atoms with van der Waals surface area (Å²) >= 11 is 0. The first kappa shape index (κ1) is 13.7. The fraction of sp³-hybridized carbons (Fsp3) is 0.188. The Morgan fingerprint density at radius 1 is 0.952 bits per heavy atom. The summed E-state index contributed by atoms with van der Waals surface area (Å²) in [6, 6.07) is 16.4. The van der Waals surface area contributed by atoms with Gasteiger partial charge >= 0.3 is 6.18 Å². The molecular formula is C16H13F3N2. The molecule has 0 amide bonds. The number of para-hydroxylation sites is 2. The first-order chi connectivity index (χ1) is 10.0. The Kier molecular flexibility index (Phi) is 3.41. The van der Waals surface area contributed by atoms with E-state index in [0.29, 0.717) is 12.2 Å². The van der Waals surface area contributed by atoms with Crippen LogP contribution in [0.3, 0.4) is 0 Å². The molecule has 2 aromatic carbocycles. The number of hydrogen-bond acceptors (Lipinski definition) is 2. The van der Waals surface area contributed by atoms with Gasteiger partial charge in [-0.05, 0) is 17.7 Å². The molecule has 0 saturated carbocycles. The summed E-state index contributed by atoms with van der Waals surface area (Å²) in [4.78, 5) is 5.47. The van der Waals surface area contributed by atoms with Gasteiger partial charge in [-0.2, -0.15) is 13.2 Å². The van der Waals surface area contributed by atoms with E-state index in [1.807, 2.05) is 36.4 Å². The van der Waals surface area contributed by atoms with Crippen molar-refractivity contribution in [2.75, 3.05) is 11.4 Å². The molecule has 0 aromatic heterocycles. The Morgan fingerprint density at radius 3 is 2.33 bits per heavy atom. The summed E-state index contributed by atoms with van der Waals surface area (Å²) < 4.78 is 39.0. The van der Waals surface area contributed by atoms with E-state index in [0.717, 1.165) is 11.3 Å². The van der Waals surface area contributed by atoms with E-state index in [1.54, 1.807) is 23.1 Å². The van der Waals surface area contributed by atoms with Crippen molar-refractivity contribution in [1.29, 1.82) is 0 Å². The van der Waals surface area contributed by atoms with Gasteiger partial charge in [0.25, 0.3) is 0 Å². The number of aliphatic imine (C=N–C) groups is 1. The lowest BCUT2D eigenvalue weighted by Gasteiger charge is -2.31. The van der Waals surface area contributed by atoms with Gasteiger partial charge in [-0.1, -0.05) is 42.5 Å². The molecule has 1 aliphatic rings. The third-order valence-corrected chi connectivity index (χ3v) is 3.36. The number of hydrogen-bond donors (Lipinski definition) is 0. The van der Waals surface area contributed by atoms with E-state index in [2.05, 4.69) is 4.99 Å². The Morgan fingerprint density at radius 2 is 1.62 bits per heavy atom. The third kappa shape index (κ3) is 2.91. The van der Waals surface area contributed by atoms with Crippen LogP contribution in [0, 0.1) is 0 Å². The smallest absolute Gasteiger partial charge is 0.360 e. The highest BCUT2D eigenvalue weighted by atomic mass is 19.4. The van der Waals surface area contributed by atoms with Gasteiger partial charge in [-0.25, -0.2) is 4.99 Å². The van der Waals surface area contributed by atoms with Crippen molar-refractivity contribution in [1.82, 2.24) is 0 Å². The maximum Gasteiger partial charge on any atom is 0.431 e. The fourth-order valence-corrected chi connectivity index (χ4v) is 2.37. The average molecular weight is 290 g/mol. The lowest BCUT2D eigenvalue weighted by atomic mass is 10.1. The topological polar surface area (TPSA) is 15.6 Å². The van der Waals surface area contributed by atoms with Crippen LogP contribution in [0.2, 0.25) is 0 Å². The van der Waals surface area contributed by atoms with E-state index >= 15 is 0 Å². The van der Waals surface area contributed by atoms with E-state index < -0.39 is 11.9 Å². The largest absolute Gasteiger partial charge is 0.431 e. The van der Waals surface area contributed by atoms with Crippen LogP contribution in [0.5, 0.6) is 0 Å². The monoisotopic (exact) mass is 290 g/mol. The van der Waals surface area contributed by atoms with Crippen molar-refractivity contribution >= 4 is 17.1 Å². The molecule has 5 heteroatoms. The molecule has 2 aromatic rings. The van der Waals surface area contributed by atoms with Gasteiger partial charge in [0.05, 0.1) is 17.9 Å². The molecule has 108 valence electrons. The second-order valence-corrected chi connectivity index (χ2v) is 4.89. The lowest BCUT2D eigenvalue weighted by Crippen LogP contribution is -2.39. The summed E-state index contributed by atoms with van der Waals surface area (Å²) in [5, 5.41) is 0. The zero-order valence-corrected chi connectivity index (χ0v) is 11.1. The predicted molar refractivity (Wildman–Crippen MR) is 77.1 cm³/mol. The third-order valence-electron chi connectivity index (χ3n) is 3.36. The van der Waals surface area contributed by atoms with Crippen LogP contribution in [0.25, 0.3) is 0 Å². The second kappa shape index (κ2) is 5.24. The number of benzene rings is 2.